The first kappa shape index (κ1) is 14.5. The van der Waals surface area contributed by atoms with Crippen LogP contribution in [0.25, 0.3) is 0 Å². The smallest absolute Gasteiger partial charge is 0.450 e. The van der Waals surface area contributed by atoms with E-state index in [0.29, 0.717) is 0 Å². The van der Waals surface area contributed by atoms with E-state index < -0.39 is 6.16 Å². The molecule has 0 atom stereocenters. The van der Waals surface area contributed by atoms with Crippen LogP contribution in [0.4, 0.5) is 4.79 Å². The van der Waals surface area contributed by atoms with Gasteiger partial charge in [-0.15, -0.1) is 0 Å². The van der Waals surface area contributed by atoms with Crippen LogP contribution in [0, 0.1) is 0 Å². The minimum Gasteiger partial charge on any atom is -0.450 e. The highest BCUT2D eigenvalue weighted by Crippen LogP contribution is 2.06. The fourth-order valence-corrected chi connectivity index (χ4v) is 0.798. The van der Waals surface area contributed by atoms with E-state index in [0.717, 1.165) is 0 Å². The lowest BCUT2D eigenvalue weighted by atomic mass is 10.1. The molecule has 2 N–H and O–H groups in total. The quantitative estimate of drug-likeness (QED) is 0.521. The van der Waals surface area contributed by atoms with Gasteiger partial charge in [0.05, 0.1) is 0 Å². The average Bonchev–Trinajstić information content (AvgIpc) is 2.03. The van der Waals surface area contributed by atoms with Gasteiger partial charge in [0, 0.05) is 0 Å². The molecule has 0 aromatic heterocycles. The molecule has 0 aromatic carbocycles. The summed E-state index contributed by atoms with van der Waals surface area (Å²) in [6.45, 7) is 6.56. The molecule has 0 fully saturated rings. The molecule has 0 saturated carbocycles. The summed E-state index contributed by atoms with van der Waals surface area (Å²) in [5.74, 6) is 0. The van der Waals surface area contributed by atoms with Gasteiger partial charge in [0.1, 0.15) is 0 Å². The Hall–Kier alpha value is -0.990. The molecule has 0 heterocycles. The normalized spacial score (nSPS) is 10.2. The van der Waals surface area contributed by atoms with Crippen molar-refractivity contribution in [1.82, 2.24) is 0 Å². The van der Waals surface area contributed by atoms with E-state index in [-0.39, 0.29) is 0 Å². The summed E-state index contributed by atoms with van der Waals surface area (Å²) in [6, 6.07) is 0. The second-order valence-electron chi connectivity index (χ2n) is 2.87. The number of hydrogen-bond acceptors (Lipinski definition) is 1. The Balaban J connectivity index is 0. The molecule has 0 aliphatic carbocycles. The van der Waals surface area contributed by atoms with Crippen molar-refractivity contribution >= 4 is 6.16 Å². The number of allylic oxidation sites excluding steroid dienone is 2. The van der Waals surface area contributed by atoms with Gasteiger partial charge in [0.15, 0.2) is 0 Å². The zero-order valence-electron chi connectivity index (χ0n) is 8.71. The van der Waals surface area contributed by atoms with Crippen LogP contribution in [0.15, 0.2) is 11.6 Å². The summed E-state index contributed by atoms with van der Waals surface area (Å²) in [6.07, 6.45) is 5.74. The maximum absolute atomic E-state index is 8.56. The first-order valence-electron chi connectivity index (χ1n) is 4.58. The van der Waals surface area contributed by atoms with Crippen LogP contribution in [0.3, 0.4) is 0 Å². The summed E-state index contributed by atoms with van der Waals surface area (Å²) >= 11 is 0. The molecule has 0 aliphatic rings. The van der Waals surface area contributed by atoms with E-state index in [9.17, 15) is 0 Å². The van der Waals surface area contributed by atoms with E-state index >= 15 is 0 Å². The maximum atomic E-state index is 8.56. The zero-order chi connectivity index (χ0) is 10.7. The number of carbonyl (C=O) groups is 1. The molecule has 13 heavy (non-hydrogen) atoms. The predicted octanol–water partition coefficient (Wildman–Crippen LogP) is 3.76. The van der Waals surface area contributed by atoms with Crippen LogP contribution < -0.4 is 0 Å². The Bertz CT molecular complexity index is 146. The Morgan fingerprint density at radius 3 is 2.08 bits per heavy atom. The maximum Gasteiger partial charge on any atom is 0.503 e. The van der Waals surface area contributed by atoms with Crippen LogP contribution >= 0.6 is 0 Å². The van der Waals surface area contributed by atoms with Gasteiger partial charge in [0.25, 0.3) is 0 Å². The van der Waals surface area contributed by atoms with E-state index in [2.05, 4.69) is 26.8 Å². The van der Waals surface area contributed by atoms with Crippen LogP contribution in [0.2, 0.25) is 0 Å². The predicted molar refractivity (Wildman–Crippen MR) is 54.2 cm³/mol. The summed E-state index contributed by atoms with van der Waals surface area (Å²) in [5, 5.41) is 13.9. The summed E-state index contributed by atoms with van der Waals surface area (Å²) < 4.78 is 0. The minimum atomic E-state index is -1.83. The number of rotatable bonds is 4. The monoisotopic (exact) mass is 188 g/mol. The lowest BCUT2D eigenvalue weighted by Crippen LogP contribution is -1.81. The topological polar surface area (TPSA) is 57.5 Å². The molecule has 0 aromatic rings. The molecule has 0 unspecified atom stereocenters. The summed E-state index contributed by atoms with van der Waals surface area (Å²) in [4.78, 5) is 8.56. The lowest BCUT2D eigenvalue weighted by molar-refractivity contribution is 0.137. The van der Waals surface area contributed by atoms with Crippen molar-refractivity contribution < 1.29 is 15.0 Å². The van der Waals surface area contributed by atoms with Crippen molar-refractivity contribution in [2.24, 2.45) is 0 Å². The summed E-state index contributed by atoms with van der Waals surface area (Å²) in [5.41, 5.74) is 1.53. The fourth-order valence-electron chi connectivity index (χ4n) is 0.798. The number of hydrogen-bond donors (Lipinski definition) is 2. The van der Waals surface area contributed by atoms with Gasteiger partial charge < -0.3 is 10.2 Å². The molecule has 3 nitrogen and oxygen atoms in total. The van der Waals surface area contributed by atoms with Crippen LogP contribution in [-0.2, 0) is 0 Å². The second kappa shape index (κ2) is 11.0. The van der Waals surface area contributed by atoms with Crippen molar-refractivity contribution in [3.05, 3.63) is 11.6 Å². The molecule has 0 aliphatic heterocycles. The van der Waals surface area contributed by atoms with Crippen molar-refractivity contribution in [2.45, 2.75) is 46.5 Å². The van der Waals surface area contributed by atoms with Gasteiger partial charge in [-0.3, -0.25) is 0 Å². The first-order valence-corrected chi connectivity index (χ1v) is 4.58. The average molecular weight is 188 g/mol. The van der Waals surface area contributed by atoms with Gasteiger partial charge in [-0.05, 0) is 26.7 Å². The van der Waals surface area contributed by atoms with Crippen molar-refractivity contribution in [1.29, 1.82) is 0 Å². The lowest BCUT2D eigenvalue weighted by Gasteiger charge is -1.96. The van der Waals surface area contributed by atoms with E-state index in [4.69, 9.17) is 15.0 Å². The Morgan fingerprint density at radius 2 is 1.77 bits per heavy atom. The summed E-state index contributed by atoms with van der Waals surface area (Å²) in [7, 11) is 0. The van der Waals surface area contributed by atoms with Crippen molar-refractivity contribution in [2.75, 3.05) is 0 Å². The van der Waals surface area contributed by atoms with Gasteiger partial charge in [-0.25, -0.2) is 4.79 Å². The van der Waals surface area contributed by atoms with Gasteiger partial charge in [0.2, 0.25) is 0 Å². The SMILES string of the molecule is CC=C(C)CCCCC.O=C(O)O. The van der Waals surface area contributed by atoms with Gasteiger partial charge in [-0.2, -0.15) is 0 Å². The fraction of sp³-hybridized carbons (Fsp3) is 0.700. The molecule has 0 spiro atoms. The molecule has 0 radical (unpaired) electrons. The van der Waals surface area contributed by atoms with Crippen LogP contribution in [0.1, 0.15) is 46.5 Å². The minimum absolute atomic E-state index is 1.30. The highest BCUT2D eigenvalue weighted by atomic mass is 16.6. The molecule has 78 valence electrons. The third-order valence-electron chi connectivity index (χ3n) is 1.67. The molecule has 3 heteroatoms. The zero-order valence-corrected chi connectivity index (χ0v) is 8.71. The third-order valence-corrected chi connectivity index (χ3v) is 1.67. The Labute approximate surface area is 80.1 Å². The molecule has 0 saturated heterocycles. The van der Waals surface area contributed by atoms with Crippen molar-refractivity contribution in [3.8, 4) is 0 Å². The van der Waals surface area contributed by atoms with Crippen molar-refractivity contribution in [3.63, 3.8) is 0 Å². The molecule has 0 rings (SSSR count). The standard InChI is InChI=1S/C9H18.CH2O3/c1-4-6-7-8-9(3)5-2;2-1(3)4/h5H,4,6-8H2,1-3H3;(H2,2,3,4). The van der Waals surface area contributed by atoms with Crippen LogP contribution in [-0.4, -0.2) is 16.4 Å². The Kier molecular flexibility index (Phi) is 12.3. The van der Waals surface area contributed by atoms with Gasteiger partial charge >= 0.3 is 6.16 Å². The van der Waals surface area contributed by atoms with E-state index in [1.807, 2.05) is 0 Å². The highest BCUT2D eigenvalue weighted by molar-refractivity contribution is 5.53. The highest BCUT2D eigenvalue weighted by Gasteiger charge is 1.86. The van der Waals surface area contributed by atoms with Crippen LogP contribution in [0.5, 0.6) is 0 Å². The third kappa shape index (κ3) is 24.7. The molecular formula is C10H20O3. The van der Waals surface area contributed by atoms with E-state index in [1.54, 1.807) is 0 Å². The van der Waals surface area contributed by atoms with E-state index in [1.165, 1.54) is 31.3 Å². The number of unbranched alkanes of at least 4 members (excludes halogenated alkanes) is 2. The molecule has 0 bridgehead atoms. The Morgan fingerprint density at radius 1 is 1.31 bits per heavy atom. The van der Waals surface area contributed by atoms with Gasteiger partial charge in [-0.1, -0.05) is 31.4 Å². The number of carboxylic acid groups (broad SMARTS) is 2. The molecule has 0 amide bonds. The first-order chi connectivity index (χ1) is 6.04. The second-order valence-corrected chi connectivity index (χ2v) is 2.87. The largest absolute Gasteiger partial charge is 0.503 e. The molecular weight excluding hydrogens is 168 g/mol.